The van der Waals surface area contributed by atoms with E-state index in [2.05, 4.69) is 49.4 Å². The van der Waals surface area contributed by atoms with Crippen LogP contribution in [0.2, 0.25) is 0 Å². The number of hydrogen-bond donors (Lipinski definition) is 1. The van der Waals surface area contributed by atoms with Crippen molar-refractivity contribution in [1.82, 2.24) is 14.9 Å². The Balaban J connectivity index is 1.32. The molecule has 0 saturated carbocycles. The number of carbonyl (C=O) groups excluding carboxylic acids is 1. The zero-order valence-electron chi connectivity index (χ0n) is 16.6. The molecule has 0 spiro atoms. The van der Waals surface area contributed by atoms with Gasteiger partial charge in [-0.3, -0.25) is 9.69 Å². The highest BCUT2D eigenvalue weighted by Gasteiger charge is 2.19. The van der Waals surface area contributed by atoms with Crippen LogP contribution in [0.4, 0.5) is 11.5 Å². The molecule has 1 aliphatic rings. The van der Waals surface area contributed by atoms with Crippen LogP contribution >= 0.6 is 0 Å². The summed E-state index contributed by atoms with van der Waals surface area (Å²) in [6.07, 6.45) is 3.24. The lowest BCUT2D eigenvalue weighted by atomic mass is 10.2. The fourth-order valence-electron chi connectivity index (χ4n) is 3.50. The maximum absolute atomic E-state index is 12.4. The Labute approximate surface area is 171 Å². The molecule has 4 rings (SSSR count). The SMILES string of the molecule is Cc1cccc(NC(=O)c2cnc(N3CCN(Cc4ccccc4)CC3)cn2)c1. The van der Waals surface area contributed by atoms with Gasteiger partial charge in [0.1, 0.15) is 11.5 Å². The lowest BCUT2D eigenvalue weighted by molar-refractivity contribution is 0.102. The van der Waals surface area contributed by atoms with Crippen LogP contribution in [0.3, 0.4) is 0 Å². The Morgan fingerprint density at radius 2 is 1.76 bits per heavy atom. The number of amides is 1. The highest BCUT2D eigenvalue weighted by molar-refractivity contribution is 6.02. The number of piperazine rings is 1. The fraction of sp³-hybridized carbons (Fsp3) is 0.261. The lowest BCUT2D eigenvalue weighted by Crippen LogP contribution is -2.46. The van der Waals surface area contributed by atoms with Crippen LogP contribution < -0.4 is 10.2 Å². The molecule has 0 aliphatic carbocycles. The van der Waals surface area contributed by atoms with E-state index in [1.54, 1.807) is 12.4 Å². The van der Waals surface area contributed by atoms with Gasteiger partial charge in [0.25, 0.3) is 5.91 Å². The molecule has 0 radical (unpaired) electrons. The molecule has 2 heterocycles. The maximum Gasteiger partial charge on any atom is 0.275 e. The third-order valence-electron chi connectivity index (χ3n) is 5.09. The summed E-state index contributed by atoms with van der Waals surface area (Å²) in [5.41, 5.74) is 3.51. The van der Waals surface area contributed by atoms with Crippen molar-refractivity contribution in [2.75, 3.05) is 36.4 Å². The molecule has 1 N–H and O–H groups in total. The fourth-order valence-corrected chi connectivity index (χ4v) is 3.50. The van der Waals surface area contributed by atoms with Gasteiger partial charge in [0, 0.05) is 38.4 Å². The molecule has 148 valence electrons. The van der Waals surface area contributed by atoms with Crippen molar-refractivity contribution in [3.8, 4) is 0 Å². The van der Waals surface area contributed by atoms with Crippen LogP contribution in [0.1, 0.15) is 21.6 Å². The minimum atomic E-state index is -0.248. The third-order valence-corrected chi connectivity index (χ3v) is 5.09. The minimum Gasteiger partial charge on any atom is -0.353 e. The van der Waals surface area contributed by atoms with Gasteiger partial charge in [0.2, 0.25) is 0 Å². The predicted molar refractivity (Wildman–Crippen MR) is 115 cm³/mol. The first-order valence-electron chi connectivity index (χ1n) is 9.89. The number of carbonyl (C=O) groups is 1. The number of aryl methyl sites for hydroxylation is 1. The summed E-state index contributed by atoms with van der Waals surface area (Å²) in [5, 5.41) is 2.87. The first-order chi connectivity index (χ1) is 14.2. The van der Waals surface area contributed by atoms with Crippen LogP contribution in [0.5, 0.6) is 0 Å². The monoisotopic (exact) mass is 387 g/mol. The summed E-state index contributed by atoms with van der Waals surface area (Å²) < 4.78 is 0. The van der Waals surface area contributed by atoms with E-state index in [1.165, 1.54) is 5.56 Å². The normalized spacial score (nSPS) is 14.6. The third kappa shape index (κ3) is 4.97. The van der Waals surface area contributed by atoms with Gasteiger partial charge in [-0.1, -0.05) is 42.5 Å². The van der Waals surface area contributed by atoms with Crippen LogP contribution in [-0.2, 0) is 6.54 Å². The topological polar surface area (TPSA) is 61.4 Å². The summed E-state index contributed by atoms with van der Waals surface area (Å²) in [5.74, 6) is 0.568. The average molecular weight is 387 g/mol. The first-order valence-corrected chi connectivity index (χ1v) is 9.89. The molecule has 0 unspecified atom stereocenters. The van der Waals surface area contributed by atoms with Crippen molar-refractivity contribution >= 4 is 17.4 Å². The van der Waals surface area contributed by atoms with E-state index in [0.717, 1.165) is 49.8 Å². The van der Waals surface area contributed by atoms with Crippen molar-refractivity contribution < 1.29 is 4.79 Å². The van der Waals surface area contributed by atoms with E-state index in [4.69, 9.17) is 0 Å². The number of rotatable bonds is 5. The zero-order valence-corrected chi connectivity index (χ0v) is 16.6. The maximum atomic E-state index is 12.4. The Kier molecular flexibility index (Phi) is 5.81. The second-order valence-corrected chi connectivity index (χ2v) is 7.33. The van der Waals surface area contributed by atoms with Gasteiger partial charge in [-0.15, -0.1) is 0 Å². The largest absolute Gasteiger partial charge is 0.353 e. The Hall–Kier alpha value is -3.25. The number of benzene rings is 2. The molecular formula is C23H25N5O. The van der Waals surface area contributed by atoms with E-state index >= 15 is 0 Å². The second kappa shape index (κ2) is 8.84. The van der Waals surface area contributed by atoms with Gasteiger partial charge in [-0.25, -0.2) is 9.97 Å². The summed E-state index contributed by atoms with van der Waals surface area (Å²) in [7, 11) is 0. The number of aromatic nitrogens is 2. The highest BCUT2D eigenvalue weighted by Crippen LogP contribution is 2.15. The average Bonchev–Trinajstić information content (AvgIpc) is 2.75. The highest BCUT2D eigenvalue weighted by atomic mass is 16.1. The summed E-state index contributed by atoms with van der Waals surface area (Å²) in [6, 6.07) is 18.2. The Bertz CT molecular complexity index is 951. The number of hydrogen-bond acceptors (Lipinski definition) is 5. The number of nitrogens with one attached hydrogen (secondary N) is 1. The van der Waals surface area contributed by atoms with Gasteiger partial charge >= 0.3 is 0 Å². The zero-order chi connectivity index (χ0) is 20.1. The number of anilines is 2. The van der Waals surface area contributed by atoms with Gasteiger partial charge < -0.3 is 10.2 Å². The molecule has 3 aromatic rings. The lowest BCUT2D eigenvalue weighted by Gasteiger charge is -2.35. The first kappa shape index (κ1) is 19.1. The van der Waals surface area contributed by atoms with E-state index < -0.39 is 0 Å². The minimum absolute atomic E-state index is 0.248. The van der Waals surface area contributed by atoms with Crippen LogP contribution in [0.25, 0.3) is 0 Å². The Morgan fingerprint density at radius 1 is 0.966 bits per heavy atom. The van der Waals surface area contributed by atoms with Gasteiger partial charge in [0.05, 0.1) is 12.4 Å². The number of nitrogens with zero attached hydrogens (tertiary/aromatic N) is 4. The molecule has 1 aromatic heterocycles. The molecule has 1 amide bonds. The molecule has 0 atom stereocenters. The molecule has 29 heavy (non-hydrogen) atoms. The van der Waals surface area contributed by atoms with Crippen molar-refractivity contribution in [1.29, 1.82) is 0 Å². The van der Waals surface area contributed by atoms with Crippen molar-refractivity contribution in [3.05, 3.63) is 83.8 Å². The van der Waals surface area contributed by atoms with Gasteiger partial charge in [0.15, 0.2) is 0 Å². The van der Waals surface area contributed by atoms with Crippen molar-refractivity contribution in [3.63, 3.8) is 0 Å². The van der Waals surface area contributed by atoms with Crippen LogP contribution in [0.15, 0.2) is 67.0 Å². The van der Waals surface area contributed by atoms with E-state index in [1.807, 2.05) is 37.3 Å². The molecule has 1 saturated heterocycles. The summed E-state index contributed by atoms with van der Waals surface area (Å²) >= 11 is 0. The molecular weight excluding hydrogens is 362 g/mol. The molecule has 2 aromatic carbocycles. The van der Waals surface area contributed by atoms with E-state index in [-0.39, 0.29) is 5.91 Å². The summed E-state index contributed by atoms with van der Waals surface area (Å²) in [6.45, 7) is 6.72. The predicted octanol–water partition coefficient (Wildman–Crippen LogP) is 3.36. The molecule has 6 heteroatoms. The quantitative estimate of drug-likeness (QED) is 0.727. The van der Waals surface area contributed by atoms with Gasteiger partial charge in [-0.2, -0.15) is 0 Å². The smallest absolute Gasteiger partial charge is 0.275 e. The molecule has 0 bridgehead atoms. The molecule has 1 fully saturated rings. The van der Waals surface area contributed by atoms with Crippen LogP contribution in [-0.4, -0.2) is 47.0 Å². The van der Waals surface area contributed by atoms with E-state index in [0.29, 0.717) is 5.69 Å². The summed E-state index contributed by atoms with van der Waals surface area (Å²) in [4.78, 5) is 25.9. The van der Waals surface area contributed by atoms with Crippen molar-refractivity contribution in [2.24, 2.45) is 0 Å². The molecule has 6 nitrogen and oxygen atoms in total. The van der Waals surface area contributed by atoms with Crippen molar-refractivity contribution in [2.45, 2.75) is 13.5 Å². The Morgan fingerprint density at radius 3 is 2.45 bits per heavy atom. The van der Waals surface area contributed by atoms with Crippen LogP contribution in [0, 0.1) is 6.92 Å². The second-order valence-electron chi connectivity index (χ2n) is 7.33. The standard InChI is InChI=1S/C23H25N5O/c1-18-6-5-9-20(14-18)26-23(29)21-15-25-22(16-24-21)28-12-10-27(11-13-28)17-19-7-3-2-4-8-19/h2-9,14-16H,10-13,17H2,1H3,(H,26,29). The van der Waals surface area contributed by atoms with Gasteiger partial charge in [-0.05, 0) is 30.2 Å². The molecule has 1 aliphatic heterocycles. The van der Waals surface area contributed by atoms with E-state index in [9.17, 15) is 4.79 Å².